The van der Waals surface area contributed by atoms with Gasteiger partial charge < -0.3 is 4.90 Å². The Labute approximate surface area is 156 Å². The third-order valence-corrected chi connectivity index (χ3v) is 5.52. The molecular weight excluding hydrogens is 312 g/mol. The molecule has 0 N–H and O–H groups in total. The summed E-state index contributed by atoms with van der Waals surface area (Å²) in [5, 5.41) is 0. The zero-order valence-corrected chi connectivity index (χ0v) is 18.2. The Morgan fingerprint density at radius 2 is 1.20 bits per heavy atom. The van der Waals surface area contributed by atoms with Gasteiger partial charge in [-0.1, -0.05) is 0 Å². The van der Waals surface area contributed by atoms with Crippen LogP contribution in [0.25, 0.3) is 0 Å². The van der Waals surface area contributed by atoms with Gasteiger partial charge in [0.2, 0.25) is 0 Å². The van der Waals surface area contributed by atoms with Gasteiger partial charge in [0.25, 0.3) is 0 Å². The van der Waals surface area contributed by atoms with Crippen LogP contribution >= 0.6 is 0 Å². The molecule has 0 aromatic carbocycles. The lowest BCUT2D eigenvalue weighted by Crippen LogP contribution is -2.59. The molecule has 0 bridgehead atoms. The van der Waals surface area contributed by atoms with E-state index in [9.17, 15) is 4.79 Å². The summed E-state index contributed by atoms with van der Waals surface area (Å²) >= 11 is 0. The second kappa shape index (κ2) is 8.94. The molecule has 5 heteroatoms. The van der Waals surface area contributed by atoms with Crippen LogP contribution in [0.5, 0.6) is 0 Å². The van der Waals surface area contributed by atoms with Crippen molar-refractivity contribution in [3.63, 3.8) is 0 Å². The number of rotatable bonds is 1. The fourth-order valence-electron chi connectivity index (χ4n) is 3.40. The van der Waals surface area contributed by atoms with Crippen LogP contribution in [0.1, 0.15) is 48.5 Å². The first-order chi connectivity index (χ1) is 11.3. The maximum Gasteiger partial charge on any atom is 0.148 e. The first-order valence-corrected chi connectivity index (χ1v) is 9.71. The van der Waals surface area contributed by atoms with Crippen molar-refractivity contribution in [3.05, 3.63) is 0 Å². The van der Waals surface area contributed by atoms with Crippen molar-refractivity contribution in [1.82, 2.24) is 19.6 Å². The average Bonchev–Trinajstić information content (AvgIpc) is 2.46. The van der Waals surface area contributed by atoms with Crippen molar-refractivity contribution in [2.45, 2.75) is 65.6 Å². The molecule has 148 valence electrons. The molecule has 0 aliphatic carbocycles. The third-order valence-electron chi connectivity index (χ3n) is 5.52. The molecular formula is C20H42N4O. The first kappa shape index (κ1) is 22.6. The minimum atomic E-state index is 0.0861. The van der Waals surface area contributed by atoms with E-state index in [1.165, 1.54) is 26.2 Å². The highest BCUT2D eigenvalue weighted by molar-refractivity contribution is 5.81. The molecule has 0 radical (unpaired) electrons. The van der Waals surface area contributed by atoms with Crippen molar-refractivity contribution in [3.8, 4) is 0 Å². The number of piperazine rings is 2. The summed E-state index contributed by atoms with van der Waals surface area (Å²) in [6, 6.07) is 0.0861. The van der Waals surface area contributed by atoms with E-state index in [1.54, 1.807) is 6.92 Å². The SMILES string of the molecule is CC(=O)C1CN(C(C)(C)C)CCN1C.CN1CCN(C(C)(C)C)CC1. The van der Waals surface area contributed by atoms with Crippen LogP contribution in [-0.4, -0.2) is 102 Å². The number of hydrogen-bond acceptors (Lipinski definition) is 5. The predicted molar refractivity (Wildman–Crippen MR) is 107 cm³/mol. The topological polar surface area (TPSA) is 30.0 Å². The molecule has 2 aliphatic heterocycles. The van der Waals surface area contributed by atoms with Crippen molar-refractivity contribution < 1.29 is 4.79 Å². The number of nitrogens with zero attached hydrogens (tertiary/aromatic N) is 4. The van der Waals surface area contributed by atoms with Gasteiger partial charge in [-0.25, -0.2) is 0 Å². The largest absolute Gasteiger partial charge is 0.304 e. The number of carbonyl (C=O) groups is 1. The minimum Gasteiger partial charge on any atom is -0.304 e. The monoisotopic (exact) mass is 354 g/mol. The molecule has 0 aromatic heterocycles. The molecule has 1 atom stereocenters. The zero-order valence-electron chi connectivity index (χ0n) is 18.2. The van der Waals surface area contributed by atoms with Crippen LogP contribution < -0.4 is 0 Å². The lowest BCUT2D eigenvalue weighted by molar-refractivity contribution is -0.124. The number of Topliss-reactive ketones (excluding diaryl/α,β-unsaturated/α-hetero) is 1. The second-order valence-corrected chi connectivity index (χ2v) is 9.69. The summed E-state index contributed by atoms with van der Waals surface area (Å²) in [5.74, 6) is 0.279. The molecule has 1 unspecified atom stereocenters. The highest BCUT2D eigenvalue weighted by Gasteiger charge is 2.32. The van der Waals surface area contributed by atoms with Gasteiger partial charge in [-0.2, -0.15) is 0 Å². The van der Waals surface area contributed by atoms with Gasteiger partial charge in [-0.3, -0.25) is 19.5 Å². The normalized spacial score (nSPS) is 25.4. The quantitative estimate of drug-likeness (QED) is 0.719. The summed E-state index contributed by atoms with van der Waals surface area (Å²) in [5.41, 5.74) is 0.538. The van der Waals surface area contributed by atoms with Crippen LogP contribution in [0, 0.1) is 0 Å². The van der Waals surface area contributed by atoms with Crippen molar-refractivity contribution in [2.75, 3.05) is 59.9 Å². The molecule has 25 heavy (non-hydrogen) atoms. The van der Waals surface area contributed by atoms with Gasteiger partial charge in [-0.15, -0.1) is 0 Å². The minimum absolute atomic E-state index is 0.0861. The van der Waals surface area contributed by atoms with Crippen molar-refractivity contribution in [1.29, 1.82) is 0 Å². The summed E-state index contributed by atoms with van der Waals surface area (Å²) in [4.78, 5) is 20.9. The highest BCUT2D eigenvalue weighted by atomic mass is 16.1. The number of ketones is 1. The van der Waals surface area contributed by atoms with E-state index in [0.717, 1.165) is 19.6 Å². The van der Waals surface area contributed by atoms with E-state index in [1.807, 2.05) is 7.05 Å². The fourth-order valence-corrected chi connectivity index (χ4v) is 3.40. The van der Waals surface area contributed by atoms with Crippen LogP contribution in [0.15, 0.2) is 0 Å². The van der Waals surface area contributed by atoms with E-state index in [-0.39, 0.29) is 17.4 Å². The van der Waals surface area contributed by atoms with Gasteiger partial charge in [0.05, 0.1) is 6.04 Å². The Balaban J connectivity index is 0.000000257. The van der Waals surface area contributed by atoms with Gasteiger partial charge in [-0.05, 0) is 62.6 Å². The summed E-state index contributed by atoms with van der Waals surface area (Å²) < 4.78 is 0. The molecule has 2 aliphatic rings. The van der Waals surface area contributed by atoms with E-state index in [2.05, 4.69) is 68.2 Å². The summed E-state index contributed by atoms with van der Waals surface area (Å²) in [6.07, 6.45) is 0. The maximum atomic E-state index is 11.4. The summed E-state index contributed by atoms with van der Waals surface area (Å²) in [6.45, 7) is 23.0. The Kier molecular flexibility index (Phi) is 8.06. The van der Waals surface area contributed by atoms with Gasteiger partial charge in [0, 0.05) is 56.9 Å². The third kappa shape index (κ3) is 7.33. The molecule has 0 amide bonds. The maximum absolute atomic E-state index is 11.4. The number of likely N-dealkylation sites (N-methyl/N-ethyl adjacent to an activating group) is 2. The Morgan fingerprint density at radius 1 is 0.760 bits per heavy atom. The Morgan fingerprint density at radius 3 is 1.60 bits per heavy atom. The molecule has 2 heterocycles. The number of hydrogen-bond donors (Lipinski definition) is 0. The standard InChI is InChI=1S/C11H22N2O.C9H20N2/c1-9(14)10-8-13(11(2,3)4)7-6-12(10)5;1-9(2,3)11-7-5-10(4)6-8-11/h10H,6-8H2,1-5H3;5-8H2,1-4H3. The molecule has 2 rings (SSSR count). The Bertz CT molecular complexity index is 416. The zero-order chi connectivity index (χ0) is 19.4. The fraction of sp³-hybridized carbons (Fsp3) is 0.950. The van der Waals surface area contributed by atoms with Crippen LogP contribution in [-0.2, 0) is 4.79 Å². The van der Waals surface area contributed by atoms with Crippen LogP contribution in [0.3, 0.4) is 0 Å². The lowest BCUT2D eigenvalue weighted by atomic mass is 10.0. The van der Waals surface area contributed by atoms with E-state index in [0.29, 0.717) is 5.54 Å². The summed E-state index contributed by atoms with van der Waals surface area (Å²) in [7, 11) is 4.23. The van der Waals surface area contributed by atoms with E-state index >= 15 is 0 Å². The van der Waals surface area contributed by atoms with Crippen molar-refractivity contribution >= 4 is 5.78 Å². The van der Waals surface area contributed by atoms with Gasteiger partial charge in [0.1, 0.15) is 5.78 Å². The molecule has 0 aromatic rings. The molecule has 0 saturated carbocycles. The lowest BCUT2D eigenvalue weighted by Gasteiger charge is -2.44. The average molecular weight is 355 g/mol. The first-order valence-electron chi connectivity index (χ1n) is 9.71. The molecule has 2 saturated heterocycles. The Hall–Kier alpha value is -0.490. The molecule has 2 fully saturated rings. The van der Waals surface area contributed by atoms with E-state index < -0.39 is 0 Å². The second-order valence-electron chi connectivity index (χ2n) is 9.69. The van der Waals surface area contributed by atoms with Crippen molar-refractivity contribution in [2.24, 2.45) is 0 Å². The number of carbonyl (C=O) groups excluding carboxylic acids is 1. The highest BCUT2D eigenvalue weighted by Crippen LogP contribution is 2.18. The molecule has 0 spiro atoms. The molecule has 5 nitrogen and oxygen atoms in total. The van der Waals surface area contributed by atoms with Gasteiger partial charge >= 0.3 is 0 Å². The smallest absolute Gasteiger partial charge is 0.148 e. The van der Waals surface area contributed by atoms with Crippen LogP contribution in [0.4, 0.5) is 0 Å². The van der Waals surface area contributed by atoms with Gasteiger partial charge in [0.15, 0.2) is 0 Å². The van der Waals surface area contributed by atoms with Crippen LogP contribution in [0.2, 0.25) is 0 Å². The van der Waals surface area contributed by atoms with E-state index in [4.69, 9.17) is 0 Å². The predicted octanol–water partition coefficient (Wildman–Crippen LogP) is 2.02.